The van der Waals surface area contributed by atoms with Crippen molar-refractivity contribution in [2.24, 2.45) is 5.84 Å². The molecule has 0 unspecified atom stereocenters. The van der Waals surface area contributed by atoms with E-state index in [-0.39, 0.29) is 5.91 Å². The van der Waals surface area contributed by atoms with Crippen molar-refractivity contribution in [1.82, 2.24) is 15.2 Å². The largest absolute Gasteiger partial charge is 0.289 e. The van der Waals surface area contributed by atoms with E-state index in [2.05, 4.69) is 26.5 Å². The van der Waals surface area contributed by atoms with Crippen LogP contribution in [0, 0.1) is 0 Å². The second kappa shape index (κ2) is 3.68. The van der Waals surface area contributed by atoms with Crippen molar-refractivity contribution in [1.29, 1.82) is 0 Å². The Balaban J connectivity index is 3.10. The Kier molecular flexibility index (Phi) is 2.83. The van der Waals surface area contributed by atoms with E-state index in [0.29, 0.717) is 16.7 Å². The lowest BCUT2D eigenvalue weighted by atomic mass is 10.4. The molecule has 0 aliphatic rings. The summed E-state index contributed by atoms with van der Waals surface area (Å²) in [5, 5.41) is 3.96. The third-order valence-electron chi connectivity index (χ3n) is 1.44. The van der Waals surface area contributed by atoms with Crippen molar-refractivity contribution in [2.75, 3.05) is 0 Å². The van der Waals surface area contributed by atoms with Crippen LogP contribution in [0.15, 0.2) is 10.7 Å². The number of amides is 1. The quantitative estimate of drug-likeness (QED) is 0.437. The van der Waals surface area contributed by atoms with Gasteiger partial charge in [-0.2, -0.15) is 5.10 Å². The van der Waals surface area contributed by atoms with Gasteiger partial charge in [-0.3, -0.25) is 14.9 Å². The van der Waals surface area contributed by atoms with Crippen LogP contribution in [-0.2, 0) is 6.54 Å². The van der Waals surface area contributed by atoms with Crippen LogP contribution in [0.1, 0.15) is 17.4 Å². The SMILES string of the molecule is CCn1ncc(Br)c1C(=O)NN. The number of nitrogens with zero attached hydrogens (tertiary/aromatic N) is 2. The lowest BCUT2D eigenvalue weighted by Crippen LogP contribution is -2.32. The zero-order valence-corrected chi connectivity index (χ0v) is 8.13. The molecule has 0 aliphatic carbocycles. The highest BCUT2D eigenvalue weighted by Crippen LogP contribution is 2.15. The summed E-state index contributed by atoms with van der Waals surface area (Å²) in [7, 11) is 0. The summed E-state index contributed by atoms with van der Waals surface area (Å²) in [5.74, 6) is 4.65. The second-order valence-corrected chi connectivity index (χ2v) is 2.98. The van der Waals surface area contributed by atoms with Gasteiger partial charge >= 0.3 is 0 Å². The molecule has 0 fully saturated rings. The van der Waals surface area contributed by atoms with E-state index in [1.807, 2.05) is 6.92 Å². The topological polar surface area (TPSA) is 72.9 Å². The minimum atomic E-state index is -0.346. The maximum Gasteiger partial charge on any atom is 0.284 e. The molecule has 0 saturated heterocycles. The number of nitrogen functional groups attached to an aromatic ring is 1. The average molecular weight is 233 g/mol. The number of hydrazine groups is 1. The Hall–Kier alpha value is -0.880. The summed E-state index contributed by atoms with van der Waals surface area (Å²) >= 11 is 3.20. The maximum absolute atomic E-state index is 11.1. The number of aryl methyl sites for hydroxylation is 1. The lowest BCUT2D eigenvalue weighted by Gasteiger charge is -2.02. The first-order valence-electron chi connectivity index (χ1n) is 3.43. The summed E-state index contributed by atoms with van der Waals surface area (Å²) < 4.78 is 2.21. The van der Waals surface area contributed by atoms with Crippen molar-refractivity contribution in [2.45, 2.75) is 13.5 Å². The normalized spacial score (nSPS) is 9.92. The number of halogens is 1. The Morgan fingerprint density at radius 2 is 2.58 bits per heavy atom. The minimum Gasteiger partial charge on any atom is -0.289 e. The highest BCUT2D eigenvalue weighted by Gasteiger charge is 2.14. The van der Waals surface area contributed by atoms with Crippen LogP contribution < -0.4 is 11.3 Å². The second-order valence-electron chi connectivity index (χ2n) is 2.13. The van der Waals surface area contributed by atoms with E-state index in [1.165, 1.54) is 0 Å². The molecular weight excluding hydrogens is 224 g/mol. The summed E-state index contributed by atoms with van der Waals surface area (Å²) in [6, 6.07) is 0. The zero-order valence-electron chi connectivity index (χ0n) is 6.54. The van der Waals surface area contributed by atoms with Gasteiger partial charge in [0.05, 0.1) is 10.7 Å². The van der Waals surface area contributed by atoms with Gasteiger partial charge in [-0.15, -0.1) is 0 Å². The number of hydrogen-bond donors (Lipinski definition) is 2. The monoisotopic (exact) mass is 232 g/mol. The van der Waals surface area contributed by atoms with Crippen molar-refractivity contribution < 1.29 is 4.79 Å². The standard InChI is InChI=1S/C6H9BrN4O/c1-2-11-5(6(12)10-8)4(7)3-9-11/h3H,2,8H2,1H3,(H,10,12). The predicted molar refractivity (Wildman–Crippen MR) is 47.3 cm³/mol. The highest BCUT2D eigenvalue weighted by atomic mass is 79.9. The molecule has 1 aromatic rings. The molecule has 3 N–H and O–H groups in total. The van der Waals surface area contributed by atoms with E-state index < -0.39 is 0 Å². The average Bonchev–Trinajstić information content (AvgIpc) is 2.45. The highest BCUT2D eigenvalue weighted by molar-refractivity contribution is 9.10. The summed E-state index contributed by atoms with van der Waals surface area (Å²) in [6.07, 6.45) is 1.56. The molecule has 66 valence electrons. The Morgan fingerprint density at radius 3 is 3.08 bits per heavy atom. The Labute approximate surface area is 78.0 Å². The number of nitrogens with one attached hydrogen (secondary N) is 1. The van der Waals surface area contributed by atoms with E-state index >= 15 is 0 Å². The van der Waals surface area contributed by atoms with Crippen LogP contribution in [0.4, 0.5) is 0 Å². The minimum absolute atomic E-state index is 0.346. The van der Waals surface area contributed by atoms with E-state index in [4.69, 9.17) is 5.84 Å². The van der Waals surface area contributed by atoms with E-state index in [1.54, 1.807) is 10.9 Å². The smallest absolute Gasteiger partial charge is 0.284 e. The van der Waals surface area contributed by atoms with Gasteiger partial charge in [-0.25, -0.2) is 5.84 Å². The van der Waals surface area contributed by atoms with Gasteiger partial charge in [0.25, 0.3) is 5.91 Å². The number of hydrogen-bond acceptors (Lipinski definition) is 3. The summed E-state index contributed by atoms with van der Waals surface area (Å²) in [5.41, 5.74) is 2.50. The Bertz CT molecular complexity index is 296. The molecule has 6 heteroatoms. The molecule has 1 amide bonds. The van der Waals surface area contributed by atoms with Gasteiger partial charge in [0.1, 0.15) is 5.69 Å². The third kappa shape index (κ3) is 1.49. The van der Waals surface area contributed by atoms with Crippen LogP contribution in [0.2, 0.25) is 0 Å². The van der Waals surface area contributed by atoms with Crippen LogP contribution in [0.25, 0.3) is 0 Å². The Morgan fingerprint density at radius 1 is 1.92 bits per heavy atom. The molecular formula is C6H9BrN4O. The fraction of sp³-hybridized carbons (Fsp3) is 0.333. The van der Waals surface area contributed by atoms with Crippen molar-refractivity contribution in [3.8, 4) is 0 Å². The molecule has 0 bridgehead atoms. The van der Waals surface area contributed by atoms with Crippen LogP contribution in [-0.4, -0.2) is 15.7 Å². The molecule has 0 radical (unpaired) electrons. The molecule has 1 rings (SSSR count). The fourth-order valence-electron chi connectivity index (χ4n) is 0.896. The molecule has 0 aromatic carbocycles. The first-order valence-corrected chi connectivity index (χ1v) is 4.22. The van der Waals surface area contributed by atoms with Crippen molar-refractivity contribution >= 4 is 21.8 Å². The molecule has 0 atom stereocenters. The third-order valence-corrected chi connectivity index (χ3v) is 2.02. The van der Waals surface area contributed by atoms with Gasteiger partial charge in [0, 0.05) is 6.54 Å². The molecule has 0 saturated carbocycles. The molecule has 0 spiro atoms. The summed E-state index contributed by atoms with van der Waals surface area (Å²) in [6.45, 7) is 2.53. The van der Waals surface area contributed by atoms with E-state index in [9.17, 15) is 4.79 Å². The first kappa shape index (κ1) is 9.21. The summed E-state index contributed by atoms with van der Waals surface area (Å²) in [4.78, 5) is 11.1. The van der Waals surface area contributed by atoms with Gasteiger partial charge in [0.15, 0.2) is 0 Å². The molecule has 12 heavy (non-hydrogen) atoms. The van der Waals surface area contributed by atoms with Crippen LogP contribution in [0.5, 0.6) is 0 Å². The number of aromatic nitrogens is 2. The van der Waals surface area contributed by atoms with Gasteiger partial charge in [-0.05, 0) is 22.9 Å². The fourth-order valence-corrected chi connectivity index (χ4v) is 1.37. The number of rotatable bonds is 2. The number of carbonyl (C=O) groups is 1. The maximum atomic E-state index is 11.1. The van der Waals surface area contributed by atoms with Crippen molar-refractivity contribution in [3.63, 3.8) is 0 Å². The van der Waals surface area contributed by atoms with Gasteiger partial charge in [-0.1, -0.05) is 0 Å². The van der Waals surface area contributed by atoms with Crippen LogP contribution in [0.3, 0.4) is 0 Å². The van der Waals surface area contributed by atoms with Crippen molar-refractivity contribution in [3.05, 3.63) is 16.4 Å². The molecule has 1 aromatic heterocycles. The number of carbonyl (C=O) groups excluding carboxylic acids is 1. The number of nitrogens with two attached hydrogens (primary N) is 1. The van der Waals surface area contributed by atoms with Crippen LogP contribution >= 0.6 is 15.9 Å². The lowest BCUT2D eigenvalue weighted by molar-refractivity contribution is 0.0942. The van der Waals surface area contributed by atoms with Gasteiger partial charge in [0.2, 0.25) is 0 Å². The zero-order chi connectivity index (χ0) is 9.14. The molecule has 5 nitrogen and oxygen atoms in total. The first-order chi connectivity index (χ1) is 5.70. The molecule has 0 aliphatic heterocycles. The van der Waals surface area contributed by atoms with Gasteiger partial charge < -0.3 is 0 Å². The molecule has 1 heterocycles. The predicted octanol–water partition coefficient (Wildman–Crippen LogP) is 0.269. The van der Waals surface area contributed by atoms with E-state index in [0.717, 1.165) is 0 Å².